The molecule has 0 radical (unpaired) electrons. The van der Waals surface area contributed by atoms with Gasteiger partial charge in [0.1, 0.15) is 6.26 Å². The minimum atomic E-state index is 0. The van der Waals surface area contributed by atoms with Crippen LogP contribution >= 0.6 is 24.0 Å². The van der Waals surface area contributed by atoms with Gasteiger partial charge in [-0.25, -0.2) is 4.98 Å². The molecule has 1 aromatic heterocycles. The molecule has 0 aliphatic carbocycles. The number of hydrogen-bond donors (Lipinski definition) is 2. The minimum absolute atomic E-state index is 0. The Labute approximate surface area is 172 Å². The molecule has 0 unspecified atom stereocenters. The number of hydrogen-bond acceptors (Lipinski definition) is 4. The fraction of sp³-hybridized carbons (Fsp3) is 0.474. The van der Waals surface area contributed by atoms with Crippen molar-refractivity contribution < 1.29 is 9.15 Å². The van der Waals surface area contributed by atoms with Gasteiger partial charge in [0.05, 0.1) is 12.2 Å². The standard InChI is InChI=1S/C19H28N4O2.HI/c1-4-24-12-6-5-11-21-19(20-3)22-13-17-14-25-18(23-17)16-9-7-15(2)8-10-16;/h7-10,14H,4-6,11-13H2,1-3H3,(H2,20,21,22);1H. The van der Waals surface area contributed by atoms with Crippen LogP contribution < -0.4 is 10.6 Å². The molecule has 0 fully saturated rings. The lowest BCUT2D eigenvalue weighted by atomic mass is 10.1. The van der Waals surface area contributed by atoms with Crippen molar-refractivity contribution in [2.24, 2.45) is 4.99 Å². The predicted octanol–water partition coefficient (Wildman–Crippen LogP) is 3.75. The average Bonchev–Trinajstić information content (AvgIpc) is 3.10. The van der Waals surface area contributed by atoms with Crippen molar-refractivity contribution in [2.45, 2.75) is 33.2 Å². The molecule has 0 aliphatic rings. The highest BCUT2D eigenvalue weighted by atomic mass is 127. The lowest BCUT2D eigenvalue weighted by molar-refractivity contribution is 0.143. The van der Waals surface area contributed by atoms with Gasteiger partial charge < -0.3 is 19.8 Å². The van der Waals surface area contributed by atoms with E-state index >= 15 is 0 Å². The molecular formula is C19H29IN4O2. The molecule has 1 heterocycles. The van der Waals surface area contributed by atoms with Crippen LogP contribution in [0.15, 0.2) is 39.9 Å². The molecule has 0 amide bonds. The number of aromatic nitrogens is 1. The number of nitrogens with one attached hydrogen (secondary N) is 2. The summed E-state index contributed by atoms with van der Waals surface area (Å²) in [4.78, 5) is 8.73. The molecule has 0 spiro atoms. The molecule has 144 valence electrons. The number of rotatable bonds is 9. The summed E-state index contributed by atoms with van der Waals surface area (Å²) in [6, 6.07) is 8.13. The maximum absolute atomic E-state index is 5.57. The van der Waals surface area contributed by atoms with Gasteiger partial charge in [-0.15, -0.1) is 24.0 Å². The van der Waals surface area contributed by atoms with Crippen molar-refractivity contribution in [3.63, 3.8) is 0 Å². The summed E-state index contributed by atoms with van der Waals surface area (Å²) in [6.07, 6.45) is 3.76. The molecule has 0 saturated heterocycles. The number of ether oxygens (including phenoxy) is 1. The van der Waals surface area contributed by atoms with Gasteiger partial charge in [-0.05, 0) is 38.8 Å². The molecule has 2 rings (SSSR count). The molecule has 0 atom stereocenters. The van der Waals surface area contributed by atoms with Crippen molar-refractivity contribution in [1.82, 2.24) is 15.6 Å². The second kappa shape index (κ2) is 12.7. The number of nitrogens with zero attached hydrogens (tertiary/aromatic N) is 2. The SMILES string of the molecule is CCOCCCCNC(=NC)NCc1coc(-c2ccc(C)cc2)n1.I. The zero-order valence-corrected chi connectivity index (χ0v) is 18.1. The Balaban J connectivity index is 0.00000338. The quantitative estimate of drug-likeness (QED) is 0.252. The average molecular weight is 472 g/mol. The van der Waals surface area contributed by atoms with Gasteiger partial charge in [0.15, 0.2) is 5.96 Å². The van der Waals surface area contributed by atoms with Gasteiger partial charge in [-0.3, -0.25) is 4.99 Å². The van der Waals surface area contributed by atoms with E-state index in [9.17, 15) is 0 Å². The number of benzene rings is 1. The van der Waals surface area contributed by atoms with Crippen molar-refractivity contribution in [1.29, 1.82) is 0 Å². The van der Waals surface area contributed by atoms with Gasteiger partial charge in [-0.1, -0.05) is 17.7 Å². The summed E-state index contributed by atoms with van der Waals surface area (Å²) in [5.41, 5.74) is 3.04. The van der Waals surface area contributed by atoms with E-state index in [2.05, 4.69) is 39.7 Å². The minimum Gasteiger partial charge on any atom is -0.444 e. The van der Waals surface area contributed by atoms with Crippen molar-refractivity contribution in [3.05, 3.63) is 41.8 Å². The first-order valence-electron chi connectivity index (χ1n) is 8.76. The zero-order chi connectivity index (χ0) is 17.9. The Morgan fingerprint density at radius 2 is 1.96 bits per heavy atom. The fourth-order valence-electron chi connectivity index (χ4n) is 2.29. The van der Waals surface area contributed by atoms with E-state index in [4.69, 9.17) is 9.15 Å². The fourth-order valence-corrected chi connectivity index (χ4v) is 2.29. The highest BCUT2D eigenvalue weighted by Gasteiger charge is 2.07. The van der Waals surface area contributed by atoms with E-state index in [1.165, 1.54) is 5.56 Å². The Hall–Kier alpha value is -1.61. The first-order chi connectivity index (χ1) is 12.2. The predicted molar refractivity (Wildman–Crippen MR) is 116 cm³/mol. The third-order valence-electron chi connectivity index (χ3n) is 3.72. The smallest absolute Gasteiger partial charge is 0.226 e. The van der Waals surface area contributed by atoms with Crippen LogP contribution in [0.5, 0.6) is 0 Å². The van der Waals surface area contributed by atoms with E-state index in [1.807, 2.05) is 19.1 Å². The number of halogens is 1. The van der Waals surface area contributed by atoms with Crippen LogP contribution in [0.2, 0.25) is 0 Å². The summed E-state index contributed by atoms with van der Waals surface area (Å²) in [7, 11) is 1.76. The summed E-state index contributed by atoms with van der Waals surface area (Å²) in [5, 5.41) is 6.53. The van der Waals surface area contributed by atoms with Crippen LogP contribution in [-0.2, 0) is 11.3 Å². The van der Waals surface area contributed by atoms with E-state index in [0.29, 0.717) is 12.4 Å². The molecule has 7 heteroatoms. The topological polar surface area (TPSA) is 71.7 Å². The number of oxazole rings is 1. The maximum atomic E-state index is 5.57. The van der Waals surface area contributed by atoms with Gasteiger partial charge >= 0.3 is 0 Å². The Kier molecular flexibility index (Phi) is 11.0. The van der Waals surface area contributed by atoms with Crippen LogP contribution in [0.3, 0.4) is 0 Å². The Morgan fingerprint density at radius 1 is 1.19 bits per heavy atom. The summed E-state index contributed by atoms with van der Waals surface area (Å²) in [5.74, 6) is 1.40. The van der Waals surface area contributed by atoms with Crippen LogP contribution in [-0.4, -0.2) is 37.7 Å². The van der Waals surface area contributed by atoms with Crippen LogP contribution in [0.1, 0.15) is 31.0 Å². The lowest BCUT2D eigenvalue weighted by Gasteiger charge is -2.10. The molecule has 2 aromatic rings. The van der Waals surface area contributed by atoms with Gasteiger partial charge in [0, 0.05) is 32.4 Å². The largest absolute Gasteiger partial charge is 0.444 e. The number of unbranched alkanes of at least 4 members (excludes halogenated alkanes) is 1. The maximum Gasteiger partial charge on any atom is 0.226 e. The second-order valence-electron chi connectivity index (χ2n) is 5.77. The Bertz CT molecular complexity index is 656. The van der Waals surface area contributed by atoms with Crippen molar-refractivity contribution in [2.75, 3.05) is 26.8 Å². The molecule has 1 aromatic carbocycles. The van der Waals surface area contributed by atoms with E-state index in [-0.39, 0.29) is 24.0 Å². The number of aryl methyl sites for hydroxylation is 1. The third kappa shape index (κ3) is 7.74. The molecule has 2 N–H and O–H groups in total. The van der Waals surface area contributed by atoms with Crippen molar-refractivity contribution >= 4 is 29.9 Å². The molecule has 0 aliphatic heterocycles. The monoisotopic (exact) mass is 472 g/mol. The summed E-state index contributed by atoms with van der Waals surface area (Å²) in [6.45, 7) is 7.08. The number of aliphatic imine (C=N–C) groups is 1. The normalized spacial score (nSPS) is 11.1. The zero-order valence-electron chi connectivity index (χ0n) is 15.7. The van der Waals surface area contributed by atoms with Gasteiger partial charge in [-0.2, -0.15) is 0 Å². The molecule has 0 saturated carbocycles. The van der Waals surface area contributed by atoms with Crippen LogP contribution in [0, 0.1) is 6.92 Å². The lowest BCUT2D eigenvalue weighted by Crippen LogP contribution is -2.37. The van der Waals surface area contributed by atoms with Gasteiger partial charge in [0.25, 0.3) is 0 Å². The highest BCUT2D eigenvalue weighted by molar-refractivity contribution is 14.0. The third-order valence-corrected chi connectivity index (χ3v) is 3.72. The molecule has 0 bridgehead atoms. The second-order valence-corrected chi connectivity index (χ2v) is 5.77. The van der Waals surface area contributed by atoms with E-state index < -0.39 is 0 Å². The first-order valence-corrected chi connectivity index (χ1v) is 8.76. The highest BCUT2D eigenvalue weighted by Crippen LogP contribution is 2.18. The van der Waals surface area contributed by atoms with Crippen molar-refractivity contribution in [3.8, 4) is 11.5 Å². The summed E-state index contributed by atoms with van der Waals surface area (Å²) >= 11 is 0. The Morgan fingerprint density at radius 3 is 2.65 bits per heavy atom. The van der Waals surface area contributed by atoms with Crippen LogP contribution in [0.25, 0.3) is 11.5 Å². The first kappa shape index (κ1) is 22.4. The summed E-state index contributed by atoms with van der Waals surface area (Å²) < 4.78 is 10.9. The number of guanidine groups is 1. The molecule has 6 nitrogen and oxygen atoms in total. The molecular weight excluding hydrogens is 443 g/mol. The van der Waals surface area contributed by atoms with E-state index in [0.717, 1.165) is 49.8 Å². The molecule has 26 heavy (non-hydrogen) atoms. The van der Waals surface area contributed by atoms with E-state index in [1.54, 1.807) is 13.3 Å². The van der Waals surface area contributed by atoms with Gasteiger partial charge in [0.2, 0.25) is 5.89 Å². The van der Waals surface area contributed by atoms with Crippen LogP contribution in [0.4, 0.5) is 0 Å².